The molecule has 0 aliphatic carbocycles. The van der Waals surface area contributed by atoms with Crippen molar-refractivity contribution >= 4 is 23.8 Å². The van der Waals surface area contributed by atoms with E-state index in [-0.39, 0.29) is 35.0 Å². The zero-order valence-corrected chi connectivity index (χ0v) is 30.7. The van der Waals surface area contributed by atoms with Gasteiger partial charge >= 0.3 is 6.09 Å². The van der Waals surface area contributed by atoms with E-state index in [1.807, 2.05) is 55.6 Å². The molecule has 0 aromatic heterocycles. The van der Waals surface area contributed by atoms with Crippen LogP contribution in [0.3, 0.4) is 0 Å². The van der Waals surface area contributed by atoms with E-state index in [9.17, 15) is 14.7 Å². The fraction of sp³-hybridized carbons (Fsp3) is 0.381. The largest absolute Gasteiger partial charge is 0.508 e. The van der Waals surface area contributed by atoms with Gasteiger partial charge in [0.15, 0.2) is 0 Å². The number of carbonyl (C=O) groups is 2. The van der Waals surface area contributed by atoms with E-state index >= 15 is 0 Å². The molecule has 5 rings (SSSR count). The average molecular weight is 694 g/mol. The van der Waals surface area contributed by atoms with Gasteiger partial charge < -0.3 is 25.4 Å². The quantitative estimate of drug-likeness (QED) is 0.123. The van der Waals surface area contributed by atoms with Crippen molar-refractivity contribution in [3.8, 4) is 5.75 Å². The van der Waals surface area contributed by atoms with Gasteiger partial charge in [0, 0.05) is 30.9 Å². The number of phenolic OH excluding ortho intramolecular Hbond substituents is 1. The van der Waals surface area contributed by atoms with Crippen LogP contribution >= 0.6 is 11.8 Å². The summed E-state index contributed by atoms with van der Waals surface area (Å²) >= 11 is 1.89. The Bertz CT molecular complexity index is 1570. The maximum absolute atomic E-state index is 13.8. The molecule has 1 aliphatic heterocycles. The lowest BCUT2D eigenvalue weighted by Gasteiger charge is -2.37. The van der Waals surface area contributed by atoms with E-state index < -0.39 is 16.4 Å². The Kier molecular flexibility index (Phi) is 12.3. The van der Waals surface area contributed by atoms with Crippen molar-refractivity contribution < 1.29 is 19.4 Å². The lowest BCUT2D eigenvalue weighted by atomic mass is 9.84. The van der Waals surface area contributed by atoms with Crippen molar-refractivity contribution in [3.05, 3.63) is 138 Å². The van der Waals surface area contributed by atoms with Gasteiger partial charge in [-0.25, -0.2) is 4.79 Å². The van der Waals surface area contributed by atoms with Gasteiger partial charge in [0.25, 0.3) is 0 Å². The number of amides is 2. The van der Waals surface area contributed by atoms with Crippen LogP contribution in [-0.4, -0.2) is 58.0 Å². The summed E-state index contributed by atoms with van der Waals surface area (Å²) in [6.45, 7) is 11.2. The minimum Gasteiger partial charge on any atom is -0.508 e. The number of carbonyl (C=O) groups excluding carboxylic acids is 2. The zero-order chi connectivity index (χ0) is 35.7. The van der Waals surface area contributed by atoms with E-state index in [1.165, 1.54) is 16.7 Å². The van der Waals surface area contributed by atoms with Crippen LogP contribution in [0, 0.1) is 5.92 Å². The van der Waals surface area contributed by atoms with E-state index in [4.69, 9.17) is 4.74 Å². The Morgan fingerprint density at radius 3 is 1.86 bits per heavy atom. The minimum atomic E-state index is -0.643. The number of nitrogens with zero attached hydrogens (tertiary/aromatic N) is 1. The average Bonchev–Trinajstić information content (AvgIpc) is 3.53. The number of hydrogen-bond acceptors (Lipinski definition) is 6. The van der Waals surface area contributed by atoms with Crippen molar-refractivity contribution in [2.24, 2.45) is 5.92 Å². The second-order valence-corrected chi connectivity index (χ2v) is 15.7. The minimum absolute atomic E-state index is 0.0678. The van der Waals surface area contributed by atoms with Crippen LogP contribution in [-0.2, 0) is 20.8 Å². The van der Waals surface area contributed by atoms with Crippen LogP contribution in [0.1, 0.15) is 69.7 Å². The number of ether oxygens (including phenoxy) is 1. The molecular formula is C42H51N3O4S. The third-order valence-electron chi connectivity index (χ3n) is 9.36. The van der Waals surface area contributed by atoms with Crippen molar-refractivity contribution in [1.82, 2.24) is 15.5 Å². The van der Waals surface area contributed by atoms with Crippen LogP contribution in [0.5, 0.6) is 5.75 Å². The van der Waals surface area contributed by atoms with Gasteiger partial charge in [-0.2, -0.15) is 0 Å². The van der Waals surface area contributed by atoms with Crippen LogP contribution in [0.15, 0.2) is 115 Å². The molecular weight excluding hydrogens is 643 g/mol. The third-order valence-corrected chi connectivity index (χ3v) is 11.1. The van der Waals surface area contributed by atoms with Crippen molar-refractivity contribution in [2.45, 2.75) is 81.7 Å². The Balaban J connectivity index is 1.43. The standard InChI is InChI=1S/C42H51N3O4S/c1-6-30(2)38(39(47)44-27-31-22-24-36(46)25-23-31)43-28-35-26-37(29-45(35)40(48)49-41(3,4)5)50-42(32-16-10-7-11-17-32,33-18-12-8-13-19-33)34-20-14-9-15-21-34/h7-25,30,35,37-38,43,46H,6,26-29H2,1-5H3,(H,44,47)/t30-,35+,37+,38-/m0/s1. The number of aromatic hydroxyl groups is 1. The number of phenols is 1. The first-order chi connectivity index (χ1) is 24.0. The van der Waals surface area contributed by atoms with Gasteiger partial charge in [0.05, 0.1) is 10.8 Å². The first-order valence-corrected chi connectivity index (χ1v) is 18.5. The molecule has 1 fully saturated rings. The fourth-order valence-corrected chi connectivity index (χ4v) is 8.50. The molecule has 8 heteroatoms. The highest BCUT2D eigenvalue weighted by Gasteiger charge is 2.45. The van der Waals surface area contributed by atoms with E-state index in [2.05, 4.69) is 97.3 Å². The lowest BCUT2D eigenvalue weighted by molar-refractivity contribution is -0.124. The SMILES string of the molecule is CC[C@H](C)[C@H](NC[C@H]1C[C@@H](SC(c2ccccc2)(c2ccccc2)c2ccccc2)CN1C(=O)OC(C)(C)C)C(=O)NCc1ccc(O)cc1. The molecule has 3 N–H and O–H groups in total. The summed E-state index contributed by atoms with van der Waals surface area (Å²) in [6, 6.07) is 38.1. The van der Waals surface area contributed by atoms with Crippen molar-refractivity contribution in [2.75, 3.05) is 13.1 Å². The number of likely N-dealkylation sites (tertiary alicyclic amines) is 1. The number of rotatable bonds is 13. The molecule has 0 saturated carbocycles. The molecule has 0 radical (unpaired) electrons. The Morgan fingerprint density at radius 1 is 0.860 bits per heavy atom. The monoisotopic (exact) mass is 693 g/mol. The highest BCUT2D eigenvalue weighted by Crippen LogP contribution is 2.52. The zero-order valence-electron chi connectivity index (χ0n) is 29.8. The van der Waals surface area contributed by atoms with Gasteiger partial charge in [-0.05, 0) is 67.5 Å². The molecule has 7 nitrogen and oxygen atoms in total. The molecule has 50 heavy (non-hydrogen) atoms. The Hall–Kier alpha value is -4.27. The van der Waals surface area contributed by atoms with Gasteiger partial charge in [-0.1, -0.05) is 123 Å². The normalized spacial score (nSPS) is 17.6. The van der Waals surface area contributed by atoms with Crippen LogP contribution in [0.2, 0.25) is 0 Å². The number of benzene rings is 4. The highest BCUT2D eigenvalue weighted by molar-refractivity contribution is 8.01. The highest BCUT2D eigenvalue weighted by atomic mass is 32.2. The first kappa shape index (κ1) is 37.0. The first-order valence-electron chi connectivity index (χ1n) is 17.6. The third kappa shape index (κ3) is 9.09. The lowest BCUT2D eigenvalue weighted by Crippen LogP contribution is -2.52. The molecule has 4 aromatic carbocycles. The second kappa shape index (κ2) is 16.6. The molecule has 0 spiro atoms. The molecule has 1 saturated heterocycles. The summed E-state index contributed by atoms with van der Waals surface area (Å²) in [7, 11) is 0. The smallest absolute Gasteiger partial charge is 0.410 e. The van der Waals surface area contributed by atoms with E-state index in [0.717, 1.165) is 18.4 Å². The predicted octanol–water partition coefficient (Wildman–Crippen LogP) is 8.12. The molecule has 0 bridgehead atoms. The summed E-state index contributed by atoms with van der Waals surface area (Å²) in [5.41, 5.74) is 3.79. The molecule has 264 valence electrons. The maximum atomic E-state index is 13.8. The molecule has 1 aliphatic rings. The van der Waals surface area contributed by atoms with Gasteiger partial charge in [-0.15, -0.1) is 11.8 Å². The number of thioether (sulfide) groups is 1. The number of nitrogens with one attached hydrogen (secondary N) is 2. The van der Waals surface area contributed by atoms with Crippen LogP contribution < -0.4 is 10.6 Å². The Labute approximate surface area is 301 Å². The number of hydrogen-bond donors (Lipinski definition) is 3. The molecule has 4 aromatic rings. The summed E-state index contributed by atoms with van der Waals surface area (Å²) in [5, 5.41) is 16.4. The molecule has 0 unspecified atom stereocenters. The predicted molar refractivity (Wildman–Crippen MR) is 203 cm³/mol. The van der Waals surface area contributed by atoms with Crippen LogP contribution in [0.4, 0.5) is 4.79 Å². The second-order valence-electron chi connectivity index (χ2n) is 14.2. The summed E-state index contributed by atoms with van der Waals surface area (Å²) in [5.74, 6) is 0.171. The summed E-state index contributed by atoms with van der Waals surface area (Å²) in [4.78, 5) is 29.3. The molecule has 2 amide bonds. The van der Waals surface area contributed by atoms with Crippen molar-refractivity contribution in [3.63, 3.8) is 0 Å². The van der Waals surface area contributed by atoms with Gasteiger partial charge in [0.1, 0.15) is 11.4 Å². The maximum Gasteiger partial charge on any atom is 0.410 e. The van der Waals surface area contributed by atoms with Crippen LogP contribution in [0.25, 0.3) is 0 Å². The molecule has 4 atom stereocenters. The van der Waals surface area contributed by atoms with Crippen molar-refractivity contribution in [1.29, 1.82) is 0 Å². The summed E-state index contributed by atoms with van der Waals surface area (Å²) in [6.07, 6.45) is 1.21. The van der Waals surface area contributed by atoms with E-state index in [1.54, 1.807) is 24.3 Å². The topological polar surface area (TPSA) is 90.9 Å². The van der Waals surface area contributed by atoms with Gasteiger partial charge in [0.2, 0.25) is 5.91 Å². The summed E-state index contributed by atoms with van der Waals surface area (Å²) < 4.78 is 5.43. The molecule has 1 heterocycles. The van der Waals surface area contributed by atoms with E-state index in [0.29, 0.717) is 19.6 Å². The Morgan fingerprint density at radius 2 is 1.38 bits per heavy atom. The fourth-order valence-electron chi connectivity index (χ4n) is 6.63. The van der Waals surface area contributed by atoms with Gasteiger partial charge in [-0.3, -0.25) is 4.79 Å².